The van der Waals surface area contributed by atoms with Crippen molar-refractivity contribution in [2.45, 2.75) is 24.8 Å². The van der Waals surface area contributed by atoms with Gasteiger partial charge in [0.2, 0.25) is 0 Å². The number of furan rings is 1. The van der Waals surface area contributed by atoms with Crippen molar-refractivity contribution in [2.75, 3.05) is 0 Å². The summed E-state index contributed by atoms with van der Waals surface area (Å²) in [5.74, 6) is 7.09. The molecule has 0 radical (unpaired) electrons. The SMILES string of the molecule is NNC(CC1Cc2ccccc21)c1ccc(Br)o1. The number of rotatable bonds is 4. The molecule has 0 spiro atoms. The Morgan fingerprint density at radius 1 is 1.33 bits per heavy atom. The first-order valence-electron chi connectivity index (χ1n) is 6.07. The normalized spacial score (nSPS) is 19.1. The zero-order valence-electron chi connectivity index (χ0n) is 9.90. The molecular weight excluding hydrogens is 292 g/mol. The zero-order valence-corrected chi connectivity index (χ0v) is 11.5. The van der Waals surface area contributed by atoms with E-state index in [2.05, 4.69) is 45.6 Å². The Hall–Kier alpha value is -1.10. The minimum Gasteiger partial charge on any atom is -0.453 e. The summed E-state index contributed by atoms with van der Waals surface area (Å²) < 4.78 is 6.31. The van der Waals surface area contributed by atoms with E-state index in [1.54, 1.807) is 0 Å². The molecule has 3 N–H and O–H groups in total. The van der Waals surface area contributed by atoms with E-state index < -0.39 is 0 Å². The monoisotopic (exact) mass is 306 g/mol. The molecule has 0 saturated heterocycles. The Morgan fingerprint density at radius 3 is 2.83 bits per heavy atom. The fraction of sp³-hybridized carbons (Fsp3) is 0.286. The largest absolute Gasteiger partial charge is 0.453 e. The number of hydrogen-bond acceptors (Lipinski definition) is 3. The molecule has 0 amide bonds. The summed E-state index contributed by atoms with van der Waals surface area (Å²) in [6.45, 7) is 0. The summed E-state index contributed by atoms with van der Waals surface area (Å²) in [6.07, 6.45) is 2.10. The van der Waals surface area contributed by atoms with Gasteiger partial charge in [0.1, 0.15) is 5.76 Å². The fourth-order valence-electron chi connectivity index (χ4n) is 2.64. The van der Waals surface area contributed by atoms with Crippen molar-refractivity contribution in [1.82, 2.24) is 5.43 Å². The van der Waals surface area contributed by atoms with Gasteiger partial charge in [0.25, 0.3) is 0 Å². The average molecular weight is 307 g/mol. The van der Waals surface area contributed by atoms with E-state index >= 15 is 0 Å². The van der Waals surface area contributed by atoms with E-state index in [4.69, 9.17) is 10.3 Å². The maximum Gasteiger partial charge on any atom is 0.169 e. The number of nitrogens with one attached hydrogen (secondary N) is 1. The van der Waals surface area contributed by atoms with Crippen LogP contribution in [0.3, 0.4) is 0 Å². The van der Waals surface area contributed by atoms with Gasteiger partial charge < -0.3 is 4.42 Å². The predicted octanol–water partition coefficient (Wildman–Crippen LogP) is 3.28. The third-order valence-electron chi connectivity index (χ3n) is 3.62. The molecule has 0 saturated carbocycles. The Bertz CT molecular complexity index is 552. The van der Waals surface area contributed by atoms with Crippen LogP contribution in [-0.2, 0) is 6.42 Å². The van der Waals surface area contributed by atoms with Gasteiger partial charge >= 0.3 is 0 Å². The first kappa shape index (κ1) is 12.0. The van der Waals surface area contributed by atoms with Crippen molar-refractivity contribution in [2.24, 2.45) is 5.84 Å². The van der Waals surface area contributed by atoms with E-state index in [-0.39, 0.29) is 6.04 Å². The van der Waals surface area contributed by atoms with Crippen molar-refractivity contribution in [1.29, 1.82) is 0 Å². The van der Waals surface area contributed by atoms with Gasteiger partial charge in [-0.25, -0.2) is 5.43 Å². The molecule has 1 heterocycles. The zero-order chi connectivity index (χ0) is 12.5. The highest BCUT2D eigenvalue weighted by Gasteiger charge is 2.29. The van der Waals surface area contributed by atoms with Crippen LogP contribution in [0.15, 0.2) is 45.5 Å². The minimum absolute atomic E-state index is 0.0645. The number of hydrogen-bond donors (Lipinski definition) is 2. The molecule has 2 aromatic rings. The van der Waals surface area contributed by atoms with Crippen LogP contribution in [0.5, 0.6) is 0 Å². The molecule has 18 heavy (non-hydrogen) atoms. The van der Waals surface area contributed by atoms with Crippen LogP contribution in [-0.4, -0.2) is 0 Å². The van der Waals surface area contributed by atoms with Crippen LogP contribution >= 0.6 is 15.9 Å². The minimum atomic E-state index is 0.0645. The maximum absolute atomic E-state index is 5.64. The molecule has 2 atom stereocenters. The Kier molecular flexibility index (Phi) is 3.24. The van der Waals surface area contributed by atoms with Gasteiger partial charge in [0.05, 0.1) is 6.04 Å². The van der Waals surface area contributed by atoms with Crippen molar-refractivity contribution >= 4 is 15.9 Å². The first-order chi connectivity index (χ1) is 8.78. The summed E-state index contributed by atoms with van der Waals surface area (Å²) in [7, 11) is 0. The van der Waals surface area contributed by atoms with E-state index in [0.29, 0.717) is 5.92 Å². The number of benzene rings is 1. The van der Waals surface area contributed by atoms with Gasteiger partial charge in [-0.05, 0) is 57.9 Å². The van der Waals surface area contributed by atoms with E-state index in [0.717, 1.165) is 23.3 Å². The van der Waals surface area contributed by atoms with E-state index in [1.165, 1.54) is 11.1 Å². The molecule has 2 unspecified atom stereocenters. The fourth-order valence-corrected chi connectivity index (χ4v) is 2.96. The lowest BCUT2D eigenvalue weighted by Crippen LogP contribution is -2.31. The van der Waals surface area contributed by atoms with Gasteiger partial charge in [-0.1, -0.05) is 24.3 Å². The molecule has 1 aliphatic rings. The van der Waals surface area contributed by atoms with Gasteiger partial charge in [0.15, 0.2) is 4.67 Å². The van der Waals surface area contributed by atoms with E-state index in [9.17, 15) is 0 Å². The molecular formula is C14H15BrN2O. The second-order valence-electron chi connectivity index (χ2n) is 4.70. The Morgan fingerprint density at radius 2 is 2.17 bits per heavy atom. The lowest BCUT2D eigenvalue weighted by atomic mass is 9.74. The Labute approximate surface area is 114 Å². The third-order valence-corrected chi connectivity index (χ3v) is 4.05. The quantitative estimate of drug-likeness (QED) is 0.673. The van der Waals surface area contributed by atoms with Gasteiger partial charge in [0, 0.05) is 0 Å². The number of fused-ring (bicyclic) bond motifs is 1. The molecule has 3 rings (SSSR count). The maximum atomic E-state index is 5.64. The molecule has 1 aliphatic carbocycles. The van der Waals surface area contributed by atoms with Gasteiger partial charge in [-0.3, -0.25) is 5.84 Å². The summed E-state index contributed by atoms with van der Waals surface area (Å²) in [5.41, 5.74) is 5.75. The van der Waals surface area contributed by atoms with Crippen molar-refractivity contribution in [3.8, 4) is 0 Å². The van der Waals surface area contributed by atoms with Gasteiger partial charge in [-0.15, -0.1) is 0 Å². The first-order valence-corrected chi connectivity index (χ1v) is 6.86. The lowest BCUT2D eigenvalue weighted by Gasteiger charge is -2.32. The molecule has 1 aromatic carbocycles. The standard InChI is InChI=1S/C14H15BrN2O/c15-14-6-5-13(18-14)12(17-16)8-10-7-9-3-1-2-4-11(9)10/h1-6,10,12,17H,7-8,16H2. The average Bonchev–Trinajstić information content (AvgIpc) is 2.77. The third kappa shape index (κ3) is 2.11. The number of hydrazine groups is 1. The highest BCUT2D eigenvalue weighted by Crippen LogP contribution is 2.40. The van der Waals surface area contributed by atoms with E-state index in [1.807, 2.05) is 12.1 Å². The molecule has 4 heteroatoms. The molecule has 0 aliphatic heterocycles. The highest BCUT2D eigenvalue weighted by molar-refractivity contribution is 9.10. The lowest BCUT2D eigenvalue weighted by molar-refractivity contribution is 0.360. The van der Waals surface area contributed by atoms with Crippen LogP contribution in [0.1, 0.15) is 35.3 Å². The predicted molar refractivity (Wildman–Crippen MR) is 74.0 cm³/mol. The van der Waals surface area contributed by atoms with Crippen molar-refractivity contribution in [3.05, 3.63) is 58.0 Å². The molecule has 3 nitrogen and oxygen atoms in total. The topological polar surface area (TPSA) is 51.2 Å². The summed E-state index contributed by atoms with van der Waals surface area (Å²) in [4.78, 5) is 0. The second-order valence-corrected chi connectivity index (χ2v) is 5.48. The smallest absolute Gasteiger partial charge is 0.169 e. The van der Waals surface area contributed by atoms with Gasteiger partial charge in [-0.2, -0.15) is 0 Å². The second kappa shape index (κ2) is 4.88. The summed E-state index contributed by atoms with van der Waals surface area (Å²) in [5, 5.41) is 0. The Balaban J connectivity index is 1.73. The van der Waals surface area contributed by atoms with Crippen LogP contribution in [0.4, 0.5) is 0 Å². The number of nitrogens with two attached hydrogens (primary N) is 1. The summed E-state index contributed by atoms with van der Waals surface area (Å²) in [6, 6.07) is 12.5. The number of halogens is 1. The molecule has 94 valence electrons. The highest BCUT2D eigenvalue weighted by atomic mass is 79.9. The van der Waals surface area contributed by atoms with Crippen molar-refractivity contribution in [3.63, 3.8) is 0 Å². The van der Waals surface area contributed by atoms with Crippen LogP contribution in [0.25, 0.3) is 0 Å². The van der Waals surface area contributed by atoms with Crippen LogP contribution < -0.4 is 11.3 Å². The molecule has 0 bridgehead atoms. The van der Waals surface area contributed by atoms with Crippen molar-refractivity contribution < 1.29 is 4.42 Å². The van der Waals surface area contributed by atoms with Crippen LogP contribution in [0.2, 0.25) is 0 Å². The van der Waals surface area contributed by atoms with Crippen LogP contribution in [0, 0.1) is 0 Å². The summed E-state index contributed by atoms with van der Waals surface area (Å²) >= 11 is 3.32. The molecule has 0 fully saturated rings. The molecule has 1 aromatic heterocycles.